The Balaban J connectivity index is 1.90. The van der Waals surface area contributed by atoms with E-state index in [1.807, 2.05) is 45.0 Å². The first-order valence-electron chi connectivity index (χ1n) is 9.18. The molecule has 6 nitrogen and oxygen atoms in total. The summed E-state index contributed by atoms with van der Waals surface area (Å²) in [6.45, 7) is 8.32. The second-order valence-electron chi connectivity index (χ2n) is 7.02. The van der Waals surface area contributed by atoms with Gasteiger partial charge >= 0.3 is 5.97 Å². The topological polar surface area (TPSA) is 73.9 Å². The van der Waals surface area contributed by atoms with Crippen molar-refractivity contribution in [3.05, 3.63) is 29.8 Å². The lowest BCUT2D eigenvalue weighted by Gasteiger charge is -2.23. The van der Waals surface area contributed by atoms with E-state index < -0.39 is 18.2 Å². The smallest absolute Gasteiger partial charge is 0.335 e. The summed E-state index contributed by atoms with van der Waals surface area (Å²) in [7, 11) is 0. The van der Waals surface area contributed by atoms with Crippen LogP contribution in [0.3, 0.4) is 0 Å². The largest absolute Gasteiger partial charge is 0.450 e. The van der Waals surface area contributed by atoms with E-state index in [4.69, 9.17) is 14.2 Å². The molecule has 1 N–H and O–H groups in total. The zero-order valence-electron chi connectivity index (χ0n) is 16.0. The Morgan fingerprint density at radius 3 is 2.62 bits per heavy atom. The van der Waals surface area contributed by atoms with Gasteiger partial charge in [-0.15, -0.1) is 0 Å². The van der Waals surface area contributed by atoms with Crippen molar-refractivity contribution in [2.24, 2.45) is 5.92 Å². The van der Waals surface area contributed by atoms with E-state index in [9.17, 15) is 9.59 Å². The van der Waals surface area contributed by atoms with Crippen molar-refractivity contribution in [1.82, 2.24) is 0 Å². The Labute approximate surface area is 155 Å². The molecule has 1 saturated heterocycles. The number of ether oxygens (including phenoxy) is 3. The number of carbonyl (C=O) groups excluding carboxylic acids is 2. The van der Waals surface area contributed by atoms with Gasteiger partial charge in [0.25, 0.3) is 5.91 Å². The molecule has 1 aliphatic heterocycles. The Bertz CT molecular complexity index is 610. The van der Waals surface area contributed by atoms with E-state index in [1.54, 1.807) is 6.92 Å². The zero-order chi connectivity index (χ0) is 19.1. The van der Waals surface area contributed by atoms with Crippen LogP contribution in [0.5, 0.6) is 0 Å². The number of hydrogen-bond donors (Lipinski definition) is 1. The summed E-state index contributed by atoms with van der Waals surface area (Å²) in [5.74, 6) is -1.04. The van der Waals surface area contributed by atoms with Gasteiger partial charge in [-0.05, 0) is 44.2 Å². The average molecular weight is 363 g/mol. The first-order valence-corrected chi connectivity index (χ1v) is 9.18. The number of hydrogen-bond acceptors (Lipinski definition) is 5. The molecule has 6 heteroatoms. The summed E-state index contributed by atoms with van der Waals surface area (Å²) in [5.41, 5.74) is 1.66. The number of amides is 1. The van der Waals surface area contributed by atoms with Gasteiger partial charge in [-0.25, -0.2) is 4.79 Å². The predicted molar refractivity (Wildman–Crippen MR) is 98.9 cm³/mol. The fourth-order valence-electron chi connectivity index (χ4n) is 2.73. The van der Waals surface area contributed by atoms with Gasteiger partial charge in [-0.1, -0.05) is 32.0 Å². The molecule has 26 heavy (non-hydrogen) atoms. The van der Waals surface area contributed by atoms with Crippen molar-refractivity contribution in [1.29, 1.82) is 0 Å². The van der Waals surface area contributed by atoms with Crippen LogP contribution in [0.15, 0.2) is 24.3 Å². The zero-order valence-corrected chi connectivity index (χ0v) is 16.0. The fourth-order valence-corrected chi connectivity index (χ4v) is 2.73. The highest BCUT2D eigenvalue weighted by molar-refractivity contribution is 5.96. The molecule has 1 aromatic rings. The van der Waals surface area contributed by atoms with E-state index in [0.29, 0.717) is 12.3 Å². The molecule has 1 aliphatic rings. The van der Waals surface area contributed by atoms with Crippen LogP contribution in [-0.2, 0) is 23.8 Å². The molecule has 144 valence electrons. The third-order valence-corrected chi connectivity index (χ3v) is 4.40. The summed E-state index contributed by atoms with van der Waals surface area (Å²) < 4.78 is 16.5. The van der Waals surface area contributed by atoms with Gasteiger partial charge in [0.05, 0.1) is 12.7 Å². The van der Waals surface area contributed by atoms with Crippen LogP contribution >= 0.6 is 0 Å². The van der Waals surface area contributed by atoms with Crippen LogP contribution < -0.4 is 5.32 Å². The van der Waals surface area contributed by atoms with Gasteiger partial charge in [0.1, 0.15) is 0 Å². The average Bonchev–Trinajstić information content (AvgIpc) is 3.12. The predicted octanol–water partition coefficient (Wildman–Crippen LogP) is 3.09. The van der Waals surface area contributed by atoms with Crippen LogP contribution in [0.25, 0.3) is 0 Å². The van der Waals surface area contributed by atoms with Crippen LogP contribution in [-0.4, -0.2) is 43.4 Å². The summed E-state index contributed by atoms with van der Waals surface area (Å²) in [6.07, 6.45) is 0.370. The first kappa shape index (κ1) is 20.4. The summed E-state index contributed by atoms with van der Waals surface area (Å²) in [5, 5.41) is 2.84. The second kappa shape index (κ2) is 9.69. The van der Waals surface area contributed by atoms with Gasteiger partial charge in [-0.2, -0.15) is 0 Å². The minimum absolute atomic E-state index is 0.0375. The maximum absolute atomic E-state index is 12.6. The molecule has 0 aliphatic carbocycles. The lowest BCUT2D eigenvalue weighted by atomic mass is 10.1. The number of carbonyl (C=O) groups is 2. The van der Waals surface area contributed by atoms with Crippen molar-refractivity contribution in [2.75, 3.05) is 18.5 Å². The number of rotatable bonds is 8. The molecule has 0 bridgehead atoms. The molecule has 1 fully saturated rings. The lowest BCUT2D eigenvalue weighted by Crippen LogP contribution is -2.39. The number of anilines is 1. The minimum Gasteiger partial charge on any atom is -0.450 e. The molecular weight excluding hydrogens is 334 g/mol. The summed E-state index contributed by atoms with van der Waals surface area (Å²) in [6, 6.07) is 7.48. The molecule has 3 atom stereocenters. The van der Waals surface area contributed by atoms with Gasteiger partial charge in [-0.3, -0.25) is 4.79 Å². The molecule has 0 saturated carbocycles. The summed E-state index contributed by atoms with van der Waals surface area (Å²) in [4.78, 5) is 24.9. The van der Waals surface area contributed by atoms with Crippen molar-refractivity contribution in [3.8, 4) is 0 Å². The summed E-state index contributed by atoms with van der Waals surface area (Å²) >= 11 is 0. The molecule has 0 spiro atoms. The maximum Gasteiger partial charge on any atom is 0.335 e. The number of benzene rings is 1. The Hall–Kier alpha value is -1.92. The second-order valence-corrected chi connectivity index (χ2v) is 7.02. The van der Waals surface area contributed by atoms with E-state index >= 15 is 0 Å². The number of nitrogens with one attached hydrogen (secondary N) is 1. The standard InChI is InChI=1S/C20H29NO5/c1-13(2)18(19(22)21-17-10-6-5-8-14(17)3)26-20(23)15(4)25-12-16-9-7-11-24-16/h5-6,8,10,13,15-16,18H,7,9,11-12H2,1-4H3,(H,21,22). The number of aryl methyl sites for hydroxylation is 1. The number of esters is 1. The van der Waals surface area contributed by atoms with Crippen LogP contribution in [0.4, 0.5) is 5.69 Å². The molecule has 2 rings (SSSR count). The molecule has 0 radical (unpaired) electrons. The first-order chi connectivity index (χ1) is 12.4. The van der Waals surface area contributed by atoms with Gasteiger partial charge in [0, 0.05) is 12.3 Å². The highest BCUT2D eigenvalue weighted by Gasteiger charge is 2.29. The Morgan fingerprint density at radius 2 is 2.00 bits per heavy atom. The molecule has 1 aromatic carbocycles. The third-order valence-electron chi connectivity index (χ3n) is 4.40. The molecular formula is C20H29NO5. The van der Waals surface area contributed by atoms with Gasteiger partial charge < -0.3 is 19.5 Å². The highest BCUT2D eigenvalue weighted by Crippen LogP contribution is 2.17. The fraction of sp³-hybridized carbons (Fsp3) is 0.600. The Kier molecular flexibility index (Phi) is 7.60. The quantitative estimate of drug-likeness (QED) is 0.719. The van der Waals surface area contributed by atoms with Crippen molar-refractivity contribution in [2.45, 2.75) is 58.8 Å². The molecule has 1 amide bonds. The van der Waals surface area contributed by atoms with Crippen LogP contribution in [0.2, 0.25) is 0 Å². The molecule has 0 aromatic heterocycles. The highest BCUT2D eigenvalue weighted by atomic mass is 16.6. The maximum atomic E-state index is 12.6. The molecule has 3 unspecified atom stereocenters. The Morgan fingerprint density at radius 1 is 1.27 bits per heavy atom. The van der Waals surface area contributed by atoms with E-state index in [-0.39, 0.29) is 17.9 Å². The van der Waals surface area contributed by atoms with Crippen molar-refractivity contribution < 1.29 is 23.8 Å². The number of para-hydroxylation sites is 1. The normalized spacial score (nSPS) is 19.2. The minimum atomic E-state index is -0.879. The van der Waals surface area contributed by atoms with E-state index in [2.05, 4.69) is 5.32 Å². The van der Waals surface area contributed by atoms with Gasteiger partial charge in [0.2, 0.25) is 0 Å². The van der Waals surface area contributed by atoms with E-state index in [0.717, 1.165) is 25.0 Å². The SMILES string of the molecule is Cc1ccccc1NC(=O)C(OC(=O)C(C)OCC1CCCO1)C(C)C. The van der Waals surface area contributed by atoms with Gasteiger partial charge in [0.15, 0.2) is 12.2 Å². The van der Waals surface area contributed by atoms with Crippen LogP contribution in [0.1, 0.15) is 39.2 Å². The van der Waals surface area contributed by atoms with E-state index in [1.165, 1.54) is 0 Å². The van der Waals surface area contributed by atoms with Crippen molar-refractivity contribution in [3.63, 3.8) is 0 Å². The van der Waals surface area contributed by atoms with Crippen molar-refractivity contribution >= 4 is 17.6 Å². The van der Waals surface area contributed by atoms with Crippen LogP contribution in [0, 0.1) is 12.8 Å². The monoisotopic (exact) mass is 363 g/mol. The lowest BCUT2D eigenvalue weighted by molar-refractivity contribution is -0.168. The molecule has 1 heterocycles. The third kappa shape index (κ3) is 5.81.